The van der Waals surface area contributed by atoms with Crippen molar-refractivity contribution in [2.45, 2.75) is 12.5 Å². The number of fused-ring (bicyclic) bond motifs is 1. The minimum Gasteiger partial charge on any atom is -0.380 e. The lowest BCUT2D eigenvalue weighted by Gasteiger charge is -2.17. The van der Waals surface area contributed by atoms with Gasteiger partial charge in [-0.2, -0.15) is 0 Å². The fraction of sp³-hybridized carbons (Fsp3) is 0.286. The zero-order chi connectivity index (χ0) is 13.2. The summed E-state index contributed by atoms with van der Waals surface area (Å²) in [6.07, 6.45) is 2.59. The van der Waals surface area contributed by atoms with Gasteiger partial charge in [0.25, 0.3) is 5.91 Å². The number of nitrogens with zero attached hydrogens (tertiary/aromatic N) is 1. The number of carbonyl (C=O) groups is 1. The molecule has 4 N–H and O–H groups in total. The van der Waals surface area contributed by atoms with Crippen LogP contribution in [0.5, 0.6) is 0 Å². The van der Waals surface area contributed by atoms with Gasteiger partial charge in [0, 0.05) is 24.2 Å². The van der Waals surface area contributed by atoms with E-state index in [9.17, 15) is 4.79 Å². The zero-order valence-corrected chi connectivity index (χ0v) is 10.5. The Kier molecular flexibility index (Phi) is 3.05. The predicted octanol–water partition coefficient (Wildman–Crippen LogP) is 1.11. The van der Waals surface area contributed by atoms with E-state index in [0.717, 1.165) is 36.1 Å². The molecule has 19 heavy (non-hydrogen) atoms. The van der Waals surface area contributed by atoms with E-state index in [-0.39, 0.29) is 0 Å². The molecule has 2 aromatic rings. The Balaban J connectivity index is 2.10. The first-order valence-corrected chi connectivity index (χ1v) is 6.40. The van der Waals surface area contributed by atoms with Crippen LogP contribution < -0.4 is 16.4 Å². The molecule has 1 aliphatic heterocycles. The summed E-state index contributed by atoms with van der Waals surface area (Å²) in [6, 6.07) is 8.08. The molecular weight excluding hydrogens is 240 g/mol. The molecule has 1 aromatic carbocycles. The molecular formula is C14H16N4O. The molecule has 0 saturated carbocycles. The van der Waals surface area contributed by atoms with Crippen molar-refractivity contribution in [3.63, 3.8) is 0 Å². The van der Waals surface area contributed by atoms with Crippen molar-refractivity contribution in [3.05, 3.63) is 36.0 Å². The van der Waals surface area contributed by atoms with Crippen LogP contribution in [-0.4, -0.2) is 30.0 Å². The Morgan fingerprint density at radius 1 is 1.42 bits per heavy atom. The minimum atomic E-state index is -0.452. The molecule has 1 aromatic heterocycles. The van der Waals surface area contributed by atoms with E-state index in [1.807, 2.05) is 24.3 Å². The van der Waals surface area contributed by atoms with Crippen LogP contribution in [0.25, 0.3) is 10.9 Å². The SMILES string of the molecule is NC(=O)c1cnc2ccccc2c1NC1CCNC1. The number of hydrogen-bond donors (Lipinski definition) is 3. The Hall–Kier alpha value is -2.14. The molecule has 0 radical (unpaired) electrons. The van der Waals surface area contributed by atoms with E-state index in [2.05, 4.69) is 15.6 Å². The van der Waals surface area contributed by atoms with Crippen molar-refractivity contribution in [1.29, 1.82) is 0 Å². The lowest BCUT2D eigenvalue weighted by molar-refractivity contribution is 0.100. The first kappa shape index (κ1) is 11.9. The van der Waals surface area contributed by atoms with Gasteiger partial charge < -0.3 is 16.4 Å². The highest BCUT2D eigenvalue weighted by Gasteiger charge is 2.19. The van der Waals surface area contributed by atoms with Crippen molar-refractivity contribution in [3.8, 4) is 0 Å². The topological polar surface area (TPSA) is 80.0 Å². The fourth-order valence-electron chi connectivity index (χ4n) is 2.47. The lowest BCUT2D eigenvalue weighted by atomic mass is 10.1. The number of rotatable bonds is 3. The minimum absolute atomic E-state index is 0.323. The van der Waals surface area contributed by atoms with E-state index in [0.29, 0.717) is 11.6 Å². The number of anilines is 1. The van der Waals surface area contributed by atoms with Gasteiger partial charge in [-0.1, -0.05) is 18.2 Å². The largest absolute Gasteiger partial charge is 0.380 e. The Bertz CT molecular complexity index is 620. The number of primary amides is 1. The number of para-hydroxylation sites is 1. The van der Waals surface area contributed by atoms with Crippen molar-refractivity contribution in [1.82, 2.24) is 10.3 Å². The highest BCUT2D eigenvalue weighted by atomic mass is 16.1. The molecule has 98 valence electrons. The molecule has 5 heteroatoms. The van der Waals surface area contributed by atoms with Crippen molar-refractivity contribution < 1.29 is 4.79 Å². The normalized spacial score (nSPS) is 18.6. The second-order valence-electron chi connectivity index (χ2n) is 4.76. The van der Waals surface area contributed by atoms with E-state index in [1.165, 1.54) is 0 Å². The van der Waals surface area contributed by atoms with E-state index >= 15 is 0 Å². The second kappa shape index (κ2) is 4.85. The van der Waals surface area contributed by atoms with Crippen LogP contribution in [0.1, 0.15) is 16.8 Å². The van der Waals surface area contributed by atoms with Gasteiger partial charge in [-0.15, -0.1) is 0 Å². The first-order chi connectivity index (χ1) is 9.25. The number of nitrogens with one attached hydrogen (secondary N) is 2. The average Bonchev–Trinajstić information content (AvgIpc) is 2.92. The Morgan fingerprint density at radius 2 is 2.26 bits per heavy atom. The monoisotopic (exact) mass is 256 g/mol. The van der Waals surface area contributed by atoms with Gasteiger partial charge in [-0.25, -0.2) is 0 Å². The van der Waals surface area contributed by atoms with Gasteiger partial charge in [0.2, 0.25) is 0 Å². The fourth-order valence-corrected chi connectivity index (χ4v) is 2.47. The molecule has 0 aliphatic carbocycles. The average molecular weight is 256 g/mol. The molecule has 2 heterocycles. The maximum Gasteiger partial charge on any atom is 0.252 e. The molecule has 0 bridgehead atoms. The second-order valence-corrected chi connectivity index (χ2v) is 4.76. The van der Waals surface area contributed by atoms with Gasteiger partial charge >= 0.3 is 0 Å². The van der Waals surface area contributed by atoms with Gasteiger partial charge in [-0.3, -0.25) is 9.78 Å². The van der Waals surface area contributed by atoms with Crippen LogP contribution in [-0.2, 0) is 0 Å². The van der Waals surface area contributed by atoms with Crippen molar-refractivity contribution >= 4 is 22.5 Å². The van der Waals surface area contributed by atoms with Crippen LogP contribution in [0.2, 0.25) is 0 Å². The molecule has 1 fully saturated rings. The third kappa shape index (κ3) is 2.24. The molecule has 5 nitrogen and oxygen atoms in total. The van der Waals surface area contributed by atoms with Gasteiger partial charge in [0.15, 0.2) is 0 Å². The Labute approximate surface area is 111 Å². The highest BCUT2D eigenvalue weighted by Crippen LogP contribution is 2.27. The van der Waals surface area contributed by atoms with Crippen LogP contribution in [0, 0.1) is 0 Å². The van der Waals surface area contributed by atoms with Crippen LogP contribution in [0.3, 0.4) is 0 Å². The summed E-state index contributed by atoms with van der Waals surface area (Å²) in [7, 11) is 0. The summed E-state index contributed by atoms with van der Waals surface area (Å²) in [5.74, 6) is -0.452. The third-order valence-corrected chi connectivity index (χ3v) is 3.45. The van der Waals surface area contributed by atoms with Gasteiger partial charge in [-0.05, 0) is 19.0 Å². The summed E-state index contributed by atoms with van der Waals surface area (Å²) in [5.41, 5.74) is 7.55. The number of pyridine rings is 1. The third-order valence-electron chi connectivity index (χ3n) is 3.45. The Morgan fingerprint density at radius 3 is 3.00 bits per heavy atom. The van der Waals surface area contributed by atoms with Gasteiger partial charge in [0.1, 0.15) is 0 Å². The maximum absolute atomic E-state index is 11.6. The summed E-state index contributed by atoms with van der Waals surface area (Å²) in [6.45, 7) is 1.89. The van der Waals surface area contributed by atoms with Gasteiger partial charge in [0.05, 0.1) is 16.8 Å². The molecule has 1 unspecified atom stereocenters. The number of amides is 1. The van der Waals surface area contributed by atoms with Crippen molar-refractivity contribution in [2.75, 3.05) is 18.4 Å². The summed E-state index contributed by atoms with van der Waals surface area (Å²) < 4.78 is 0. The van der Waals surface area contributed by atoms with Crippen LogP contribution in [0.15, 0.2) is 30.5 Å². The van der Waals surface area contributed by atoms with Crippen molar-refractivity contribution in [2.24, 2.45) is 5.73 Å². The predicted molar refractivity (Wildman–Crippen MR) is 75.2 cm³/mol. The zero-order valence-electron chi connectivity index (χ0n) is 10.5. The van der Waals surface area contributed by atoms with Crippen LogP contribution in [0.4, 0.5) is 5.69 Å². The molecule has 1 aliphatic rings. The smallest absolute Gasteiger partial charge is 0.252 e. The first-order valence-electron chi connectivity index (χ1n) is 6.40. The summed E-state index contributed by atoms with van der Waals surface area (Å²) >= 11 is 0. The van der Waals surface area contributed by atoms with E-state index in [1.54, 1.807) is 6.20 Å². The summed E-state index contributed by atoms with van der Waals surface area (Å²) in [4.78, 5) is 15.8. The molecule has 0 spiro atoms. The number of benzene rings is 1. The summed E-state index contributed by atoms with van der Waals surface area (Å²) in [5, 5.41) is 7.66. The number of nitrogens with two attached hydrogens (primary N) is 1. The van der Waals surface area contributed by atoms with Crippen LogP contribution >= 0.6 is 0 Å². The molecule has 1 amide bonds. The quantitative estimate of drug-likeness (QED) is 0.768. The molecule has 3 rings (SSSR count). The van der Waals surface area contributed by atoms with E-state index < -0.39 is 5.91 Å². The number of aromatic nitrogens is 1. The molecule has 1 atom stereocenters. The number of hydrogen-bond acceptors (Lipinski definition) is 4. The molecule has 1 saturated heterocycles. The van der Waals surface area contributed by atoms with E-state index in [4.69, 9.17) is 5.73 Å². The maximum atomic E-state index is 11.6. The number of carbonyl (C=O) groups excluding carboxylic acids is 1. The highest BCUT2D eigenvalue weighted by molar-refractivity contribution is 6.06. The lowest BCUT2D eigenvalue weighted by Crippen LogP contribution is -2.25. The standard InChI is InChI=1S/C14H16N4O/c15-14(19)11-8-17-12-4-2-1-3-10(12)13(11)18-9-5-6-16-7-9/h1-4,8-9,16H,5-7H2,(H2,15,19)(H,17,18).